The van der Waals surface area contributed by atoms with Crippen LogP contribution in [0.2, 0.25) is 0 Å². The summed E-state index contributed by atoms with van der Waals surface area (Å²) in [6, 6.07) is 10.0. The van der Waals surface area contributed by atoms with E-state index in [2.05, 4.69) is 17.2 Å². The van der Waals surface area contributed by atoms with Crippen LogP contribution >= 0.6 is 0 Å². The smallest absolute Gasteiger partial charge is 0.0580 e. The Balaban J connectivity index is 1.69. The first kappa shape index (κ1) is 13.1. The van der Waals surface area contributed by atoms with Crippen molar-refractivity contribution >= 4 is 0 Å². The summed E-state index contributed by atoms with van der Waals surface area (Å²) in [5.41, 5.74) is 1.06. The number of benzene rings is 1. The second-order valence-electron chi connectivity index (χ2n) is 4.93. The van der Waals surface area contributed by atoms with Crippen molar-refractivity contribution in [2.75, 3.05) is 19.7 Å². The molecule has 18 heavy (non-hydrogen) atoms. The molecule has 96 valence electrons. The summed E-state index contributed by atoms with van der Waals surface area (Å²) in [5, 5.41) is 12.6. The molecular formula is C16H21NO. The molecule has 1 aromatic carbocycles. The molecular weight excluding hydrogens is 222 g/mol. The summed E-state index contributed by atoms with van der Waals surface area (Å²) in [4.78, 5) is 0. The van der Waals surface area contributed by atoms with E-state index in [1.165, 1.54) is 19.3 Å². The van der Waals surface area contributed by atoms with Gasteiger partial charge < -0.3 is 10.4 Å². The van der Waals surface area contributed by atoms with Gasteiger partial charge in [0, 0.05) is 12.2 Å². The highest BCUT2D eigenvalue weighted by molar-refractivity contribution is 5.33. The maximum absolute atomic E-state index is 9.23. The molecule has 2 unspecified atom stereocenters. The van der Waals surface area contributed by atoms with Crippen molar-refractivity contribution in [3.05, 3.63) is 35.9 Å². The molecule has 1 fully saturated rings. The van der Waals surface area contributed by atoms with E-state index in [0.717, 1.165) is 18.7 Å². The van der Waals surface area contributed by atoms with Crippen LogP contribution in [-0.2, 0) is 0 Å². The molecule has 2 N–H and O–H groups in total. The fourth-order valence-corrected chi connectivity index (χ4v) is 2.61. The molecule has 1 aromatic rings. The molecule has 1 aliphatic rings. The van der Waals surface area contributed by atoms with Gasteiger partial charge in [-0.05, 0) is 43.4 Å². The van der Waals surface area contributed by atoms with Gasteiger partial charge in [0.05, 0.1) is 6.54 Å². The second-order valence-corrected chi connectivity index (χ2v) is 4.93. The zero-order chi connectivity index (χ0) is 12.6. The van der Waals surface area contributed by atoms with E-state index in [1.54, 1.807) is 0 Å². The molecule has 0 amide bonds. The number of aliphatic hydroxyl groups excluding tert-OH is 1. The number of hydrogen-bond donors (Lipinski definition) is 2. The maximum Gasteiger partial charge on any atom is 0.0580 e. The zero-order valence-electron chi connectivity index (χ0n) is 10.7. The van der Waals surface area contributed by atoms with E-state index < -0.39 is 0 Å². The third-order valence-electron chi connectivity index (χ3n) is 3.68. The normalized spacial score (nSPS) is 22.5. The number of nitrogens with one attached hydrogen (secondary N) is 1. The predicted molar refractivity (Wildman–Crippen MR) is 74.1 cm³/mol. The third-order valence-corrected chi connectivity index (χ3v) is 3.68. The Morgan fingerprint density at radius 3 is 2.72 bits per heavy atom. The van der Waals surface area contributed by atoms with Crippen LogP contribution in [0.3, 0.4) is 0 Å². The number of rotatable bonds is 4. The van der Waals surface area contributed by atoms with Crippen molar-refractivity contribution in [3.8, 4) is 11.8 Å². The van der Waals surface area contributed by atoms with Crippen molar-refractivity contribution in [2.45, 2.75) is 19.3 Å². The fraction of sp³-hybridized carbons (Fsp3) is 0.500. The molecule has 1 saturated carbocycles. The van der Waals surface area contributed by atoms with Gasteiger partial charge in [-0.25, -0.2) is 0 Å². The van der Waals surface area contributed by atoms with Crippen LogP contribution in [0.4, 0.5) is 0 Å². The Hall–Kier alpha value is -1.30. The van der Waals surface area contributed by atoms with Gasteiger partial charge in [-0.15, -0.1) is 0 Å². The van der Waals surface area contributed by atoms with Crippen LogP contribution in [0.1, 0.15) is 24.8 Å². The van der Waals surface area contributed by atoms with Crippen molar-refractivity contribution in [3.63, 3.8) is 0 Å². The highest BCUT2D eigenvalue weighted by Crippen LogP contribution is 2.30. The van der Waals surface area contributed by atoms with E-state index in [9.17, 15) is 5.11 Å². The SMILES string of the molecule is OCC1CCCC1CNCC#Cc1ccccc1. The lowest BCUT2D eigenvalue weighted by Gasteiger charge is -2.16. The van der Waals surface area contributed by atoms with Crippen LogP contribution in [-0.4, -0.2) is 24.8 Å². The van der Waals surface area contributed by atoms with E-state index in [4.69, 9.17) is 0 Å². The molecule has 2 atom stereocenters. The molecule has 1 aliphatic carbocycles. The van der Waals surface area contributed by atoms with E-state index >= 15 is 0 Å². The van der Waals surface area contributed by atoms with Crippen molar-refractivity contribution in [1.29, 1.82) is 0 Å². The number of aliphatic hydroxyl groups is 1. The first-order valence-corrected chi connectivity index (χ1v) is 6.75. The molecule has 0 spiro atoms. The molecule has 0 radical (unpaired) electrons. The summed E-state index contributed by atoms with van der Waals surface area (Å²) in [6.45, 7) is 2.04. The van der Waals surface area contributed by atoms with Gasteiger partial charge in [0.15, 0.2) is 0 Å². The van der Waals surface area contributed by atoms with Crippen LogP contribution in [0, 0.1) is 23.7 Å². The molecule has 0 heterocycles. The van der Waals surface area contributed by atoms with Gasteiger partial charge in [-0.1, -0.05) is 36.5 Å². The summed E-state index contributed by atoms with van der Waals surface area (Å²) in [5.74, 6) is 7.40. The molecule has 2 rings (SSSR count). The fourth-order valence-electron chi connectivity index (χ4n) is 2.61. The van der Waals surface area contributed by atoms with Crippen molar-refractivity contribution < 1.29 is 5.11 Å². The Kier molecular flexibility index (Phi) is 5.26. The lowest BCUT2D eigenvalue weighted by molar-refractivity contribution is 0.193. The lowest BCUT2D eigenvalue weighted by atomic mass is 9.97. The predicted octanol–water partition coefficient (Wildman–Crippen LogP) is 2.04. The van der Waals surface area contributed by atoms with Gasteiger partial charge in [0.25, 0.3) is 0 Å². The van der Waals surface area contributed by atoms with E-state index in [1.807, 2.05) is 30.3 Å². The molecule has 2 nitrogen and oxygen atoms in total. The largest absolute Gasteiger partial charge is 0.396 e. The van der Waals surface area contributed by atoms with Gasteiger partial charge in [-0.2, -0.15) is 0 Å². The minimum absolute atomic E-state index is 0.335. The van der Waals surface area contributed by atoms with Gasteiger partial charge in [-0.3, -0.25) is 0 Å². The van der Waals surface area contributed by atoms with Gasteiger partial charge in [0.2, 0.25) is 0 Å². The average Bonchev–Trinajstić information content (AvgIpc) is 2.87. The Bertz CT molecular complexity index is 404. The van der Waals surface area contributed by atoms with E-state index in [-0.39, 0.29) is 0 Å². The second kappa shape index (κ2) is 7.20. The Labute approximate surface area is 109 Å². The average molecular weight is 243 g/mol. The quantitative estimate of drug-likeness (QED) is 0.626. The van der Waals surface area contributed by atoms with E-state index in [0.29, 0.717) is 18.4 Å². The highest BCUT2D eigenvalue weighted by Gasteiger charge is 2.25. The minimum Gasteiger partial charge on any atom is -0.396 e. The number of hydrogen-bond acceptors (Lipinski definition) is 2. The van der Waals surface area contributed by atoms with Crippen LogP contribution in [0.25, 0.3) is 0 Å². The molecule has 0 bridgehead atoms. The summed E-state index contributed by atoms with van der Waals surface area (Å²) in [6.07, 6.45) is 3.68. The highest BCUT2D eigenvalue weighted by atomic mass is 16.3. The van der Waals surface area contributed by atoms with Crippen LogP contribution < -0.4 is 5.32 Å². The first-order chi connectivity index (χ1) is 8.90. The lowest BCUT2D eigenvalue weighted by Crippen LogP contribution is -2.27. The Morgan fingerprint density at radius 2 is 1.94 bits per heavy atom. The molecule has 0 saturated heterocycles. The first-order valence-electron chi connectivity index (χ1n) is 6.75. The van der Waals surface area contributed by atoms with Crippen molar-refractivity contribution in [1.82, 2.24) is 5.32 Å². The van der Waals surface area contributed by atoms with Crippen molar-refractivity contribution in [2.24, 2.45) is 11.8 Å². The van der Waals surface area contributed by atoms with Crippen LogP contribution in [0.15, 0.2) is 30.3 Å². The molecule has 0 aromatic heterocycles. The third kappa shape index (κ3) is 3.87. The summed E-state index contributed by atoms with van der Waals surface area (Å²) >= 11 is 0. The van der Waals surface area contributed by atoms with Gasteiger partial charge in [0.1, 0.15) is 0 Å². The topological polar surface area (TPSA) is 32.3 Å². The maximum atomic E-state index is 9.23. The minimum atomic E-state index is 0.335. The zero-order valence-corrected chi connectivity index (χ0v) is 10.7. The molecule has 2 heteroatoms. The van der Waals surface area contributed by atoms with Crippen LogP contribution in [0.5, 0.6) is 0 Å². The summed E-state index contributed by atoms with van der Waals surface area (Å²) < 4.78 is 0. The Morgan fingerprint density at radius 1 is 1.17 bits per heavy atom. The summed E-state index contributed by atoms with van der Waals surface area (Å²) in [7, 11) is 0. The monoisotopic (exact) mass is 243 g/mol. The standard InChI is InChI=1S/C16H21NO/c18-13-16-10-4-9-15(16)12-17-11-5-8-14-6-2-1-3-7-14/h1-3,6-7,15-18H,4,9-13H2. The molecule has 0 aliphatic heterocycles. The van der Waals surface area contributed by atoms with Gasteiger partial charge >= 0.3 is 0 Å².